The maximum Gasteiger partial charge on any atom is 0.161 e. The Balaban J connectivity index is 1.75. The summed E-state index contributed by atoms with van der Waals surface area (Å²) >= 11 is 0. The molecule has 0 aromatic heterocycles. The number of fused-ring (bicyclic) bond motifs is 4. The lowest BCUT2D eigenvalue weighted by atomic mass is 9.83. The van der Waals surface area contributed by atoms with Crippen molar-refractivity contribution < 1.29 is 23.8 Å². The molecule has 0 amide bonds. The Morgan fingerprint density at radius 2 is 1.27 bits per heavy atom. The smallest absolute Gasteiger partial charge is 0.161 e. The lowest BCUT2D eigenvalue weighted by molar-refractivity contribution is -0.949. The van der Waals surface area contributed by atoms with Gasteiger partial charge in [0.05, 0.1) is 35.0 Å². The molecule has 26 heavy (non-hydrogen) atoms. The van der Waals surface area contributed by atoms with Crippen LogP contribution < -0.4 is 23.8 Å². The van der Waals surface area contributed by atoms with E-state index in [1.165, 1.54) is 22.3 Å². The Kier molecular flexibility index (Phi) is 4.41. The Bertz CT molecular complexity index is 833. The minimum absolute atomic E-state index is 0.434. The molecule has 2 atom stereocenters. The second-order valence-electron chi connectivity index (χ2n) is 6.97. The lowest BCUT2D eigenvalue weighted by Gasteiger charge is -2.39. The average Bonchev–Trinajstić information content (AvgIpc) is 2.69. The van der Waals surface area contributed by atoms with Gasteiger partial charge >= 0.3 is 0 Å². The highest BCUT2D eigenvalue weighted by molar-refractivity contribution is 5.51. The van der Waals surface area contributed by atoms with Gasteiger partial charge in [-0.15, -0.1) is 0 Å². The molecule has 2 aromatic rings. The molecule has 5 nitrogen and oxygen atoms in total. The van der Waals surface area contributed by atoms with Crippen molar-refractivity contribution in [2.24, 2.45) is 0 Å². The van der Waals surface area contributed by atoms with Crippen LogP contribution in [0.15, 0.2) is 24.3 Å². The van der Waals surface area contributed by atoms with E-state index in [1.807, 2.05) is 0 Å². The van der Waals surface area contributed by atoms with Crippen LogP contribution >= 0.6 is 0 Å². The van der Waals surface area contributed by atoms with Gasteiger partial charge in [0.15, 0.2) is 23.0 Å². The summed E-state index contributed by atoms with van der Waals surface area (Å²) in [5, 5.41) is 0. The van der Waals surface area contributed by atoms with Gasteiger partial charge in [0.2, 0.25) is 0 Å². The molecule has 138 valence electrons. The molecule has 0 radical (unpaired) electrons. The van der Waals surface area contributed by atoms with Gasteiger partial charge in [-0.05, 0) is 35.4 Å². The number of hydrogen-bond donors (Lipinski definition) is 1. The molecular formula is C21H26NO4+. The number of nitrogens with one attached hydrogen (secondary N) is 1. The average molecular weight is 356 g/mol. The molecule has 0 fully saturated rings. The highest BCUT2D eigenvalue weighted by atomic mass is 16.5. The summed E-state index contributed by atoms with van der Waals surface area (Å²) < 4.78 is 22.0. The quantitative estimate of drug-likeness (QED) is 0.909. The highest BCUT2D eigenvalue weighted by Gasteiger charge is 2.37. The third-order valence-corrected chi connectivity index (χ3v) is 5.78. The molecule has 1 unspecified atom stereocenters. The summed E-state index contributed by atoms with van der Waals surface area (Å²) in [5.74, 6) is 3.24. The van der Waals surface area contributed by atoms with Gasteiger partial charge in [0, 0.05) is 24.0 Å². The molecule has 0 spiro atoms. The van der Waals surface area contributed by atoms with Crippen LogP contribution in [0.2, 0.25) is 0 Å². The molecule has 2 heterocycles. The van der Waals surface area contributed by atoms with Crippen LogP contribution in [-0.4, -0.2) is 35.0 Å². The van der Waals surface area contributed by atoms with E-state index < -0.39 is 0 Å². The zero-order valence-electron chi connectivity index (χ0n) is 15.8. The van der Waals surface area contributed by atoms with E-state index in [0.29, 0.717) is 6.04 Å². The Morgan fingerprint density at radius 3 is 1.88 bits per heavy atom. The van der Waals surface area contributed by atoms with E-state index in [-0.39, 0.29) is 0 Å². The molecular weight excluding hydrogens is 330 g/mol. The SMILES string of the molecule is COc1cc2c(cc1OC)C[NH+]1CCc3cc(OC)c(OC)cc3[C@H]1C2. The van der Waals surface area contributed by atoms with E-state index in [0.717, 1.165) is 48.9 Å². The van der Waals surface area contributed by atoms with Crippen LogP contribution in [0.5, 0.6) is 23.0 Å². The topological polar surface area (TPSA) is 41.4 Å². The van der Waals surface area contributed by atoms with E-state index in [4.69, 9.17) is 18.9 Å². The minimum atomic E-state index is 0.434. The maximum atomic E-state index is 5.55. The molecule has 2 aliphatic heterocycles. The lowest BCUT2D eigenvalue weighted by Crippen LogP contribution is -3.13. The van der Waals surface area contributed by atoms with E-state index in [2.05, 4.69) is 24.3 Å². The predicted octanol–water partition coefficient (Wildman–Crippen LogP) is 1.96. The Hall–Kier alpha value is -2.40. The van der Waals surface area contributed by atoms with Crippen LogP contribution in [0.3, 0.4) is 0 Å². The summed E-state index contributed by atoms with van der Waals surface area (Å²) in [6.07, 6.45) is 2.05. The first kappa shape index (κ1) is 17.0. The Labute approximate surface area is 154 Å². The largest absolute Gasteiger partial charge is 0.493 e. The zero-order valence-corrected chi connectivity index (χ0v) is 15.8. The van der Waals surface area contributed by atoms with Gasteiger partial charge in [-0.3, -0.25) is 0 Å². The molecule has 0 aliphatic carbocycles. The van der Waals surface area contributed by atoms with Crippen molar-refractivity contribution in [1.82, 2.24) is 0 Å². The number of ether oxygens (including phenoxy) is 4. The standard InChI is InChI=1S/C21H25NO4/c1-23-18-8-13-5-6-22-12-15-10-20(25-3)19(24-2)9-14(15)7-17(22)16(13)11-21(18)26-4/h8-11,17H,5-7,12H2,1-4H3/p+1/t17-/m1/s1. The fraction of sp³-hybridized carbons (Fsp3) is 0.429. The van der Waals surface area contributed by atoms with E-state index in [9.17, 15) is 0 Å². The summed E-state index contributed by atoms with van der Waals surface area (Å²) in [5.41, 5.74) is 5.46. The van der Waals surface area contributed by atoms with Gasteiger partial charge in [0.1, 0.15) is 12.6 Å². The molecule has 5 heteroatoms. The number of rotatable bonds is 4. The van der Waals surface area contributed by atoms with Crippen molar-refractivity contribution in [2.75, 3.05) is 35.0 Å². The van der Waals surface area contributed by atoms with Gasteiger partial charge in [-0.1, -0.05) is 0 Å². The van der Waals surface area contributed by atoms with Crippen LogP contribution in [0.4, 0.5) is 0 Å². The van der Waals surface area contributed by atoms with Crippen molar-refractivity contribution in [3.8, 4) is 23.0 Å². The summed E-state index contributed by atoms with van der Waals surface area (Å²) in [6, 6.07) is 9.03. The molecule has 2 aliphatic rings. The van der Waals surface area contributed by atoms with Crippen LogP contribution in [0, 0.1) is 0 Å². The fourth-order valence-electron chi connectivity index (χ4n) is 4.42. The van der Waals surface area contributed by atoms with E-state index in [1.54, 1.807) is 33.3 Å². The van der Waals surface area contributed by atoms with Crippen molar-refractivity contribution in [2.45, 2.75) is 25.4 Å². The highest BCUT2D eigenvalue weighted by Crippen LogP contribution is 2.38. The third-order valence-electron chi connectivity index (χ3n) is 5.78. The first-order valence-corrected chi connectivity index (χ1v) is 9.01. The van der Waals surface area contributed by atoms with Crippen LogP contribution in [0.1, 0.15) is 28.3 Å². The number of benzene rings is 2. The first-order valence-electron chi connectivity index (χ1n) is 9.01. The number of hydrogen-bond acceptors (Lipinski definition) is 4. The zero-order chi connectivity index (χ0) is 18.3. The maximum absolute atomic E-state index is 5.55. The van der Waals surface area contributed by atoms with Crippen LogP contribution in [-0.2, 0) is 19.4 Å². The number of quaternary nitrogens is 1. The first-order chi connectivity index (χ1) is 12.7. The normalized spacial score (nSPS) is 20.5. The van der Waals surface area contributed by atoms with Crippen molar-refractivity contribution >= 4 is 0 Å². The van der Waals surface area contributed by atoms with E-state index >= 15 is 0 Å². The molecule has 0 saturated heterocycles. The predicted molar refractivity (Wildman–Crippen MR) is 98.8 cm³/mol. The molecule has 0 bridgehead atoms. The summed E-state index contributed by atoms with van der Waals surface area (Å²) in [4.78, 5) is 1.60. The number of methoxy groups -OCH3 is 4. The summed E-state index contributed by atoms with van der Waals surface area (Å²) in [6.45, 7) is 2.13. The van der Waals surface area contributed by atoms with Crippen molar-refractivity contribution in [1.29, 1.82) is 0 Å². The summed E-state index contributed by atoms with van der Waals surface area (Å²) in [7, 11) is 6.78. The van der Waals surface area contributed by atoms with Crippen molar-refractivity contribution in [3.05, 3.63) is 46.5 Å². The Morgan fingerprint density at radius 1 is 0.731 bits per heavy atom. The van der Waals surface area contributed by atoms with Crippen LogP contribution in [0.25, 0.3) is 0 Å². The molecule has 1 N–H and O–H groups in total. The molecule has 4 rings (SSSR count). The molecule has 0 saturated carbocycles. The van der Waals surface area contributed by atoms with Gasteiger partial charge in [-0.2, -0.15) is 0 Å². The molecule has 2 aromatic carbocycles. The monoisotopic (exact) mass is 356 g/mol. The fourth-order valence-corrected chi connectivity index (χ4v) is 4.42. The van der Waals surface area contributed by atoms with Gasteiger partial charge < -0.3 is 23.8 Å². The van der Waals surface area contributed by atoms with Crippen molar-refractivity contribution in [3.63, 3.8) is 0 Å². The third kappa shape index (κ3) is 2.67. The van der Waals surface area contributed by atoms with Gasteiger partial charge in [-0.25, -0.2) is 0 Å². The van der Waals surface area contributed by atoms with Gasteiger partial charge in [0.25, 0.3) is 0 Å². The second kappa shape index (κ2) is 6.72. The minimum Gasteiger partial charge on any atom is -0.493 e. The second-order valence-corrected chi connectivity index (χ2v) is 6.97.